The summed E-state index contributed by atoms with van der Waals surface area (Å²) in [5.74, 6) is -5.02. The lowest BCUT2D eigenvalue weighted by Crippen LogP contribution is -2.62. The third kappa shape index (κ3) is 10.2. The van der Waals surface area contributed by atoms with E-state index in [0.717, 1.165) is 13.1 Å². The standard InChI is InChI=1S/C20H29N3S.C6H8O7/c1-19(2)10-18(11-20(3,4)22-19)23(14-17-7-9-24-15-17)13-16-6-5-8-21-12-16;7-3(8)1-6(13,5(11)12)2-4(9)10/h5-9,12,15,18,22H,10-11,13-14H2,1-4H3;13H,1-2H2,(H,7,8)(H,9,10)(H,11,12). The molecule has 1 saturated heterocycles. The van der Waals surface area contributed by atoms with Gasteiger partial charge in [0.05, 0.1) is 12.8 Å². The molecule has 2 aromatic heterocycles. The Morgan fingerprint density at radius 3 is 2.03 bits per heavy atom. The minimum Gasteiger partial charge on any atom is -0.481 e. The van der Waals surface area contributed by atoms with E-state index in [4.69, 9.17) is 20.4 Å². The van der Waals surface area contributed by atoms with Gasteiger partial charge in [-0.3, -0.25) is 19.5 Å². The Bertz CT molecular complexity index is 1010. The topological polar surface area (TPSA) is 160 Å². The molecule has 2 aromatic rings. The van der Waals surface area contributed by atoms with Gasteiger partial charge in [0.15, 0.2) is 5.60 Å². The number of aliphatic hydroxyl groups is 1. The summed E-state index contributed by atoms with van der Waals surface area (Å²) < 4.78 is 0. The molecular formula is C26H37N3O7S. The number of rotatable bonds is 10. The molecule has 37 heavy (non-hydrogen) atoms. The summed E-state index contributed by atoms with van der Waals surface area (Å²) in [6.45, 7) is 11.3. The van der Waals surface area contributed by atoms with Crippen LogP contribution in [0.4, 0.5) is 0 Å². The average molecular weight is 536 g/mol. The number of carboxylic acids is 3. The van der Waals surface area contributed by atoms with Crippen molar-refractivity contribution in [2.24, 2.45) is 0 Å². The maximum atomic E-state index is 10.3. The van der Waals surface area contributed by atoms with Gasteiger partial charge in [-0.25, -0.2) is 4.79 Å². The predicted octanol–water partition coefficient (Wildman–Crippen LogP) is 3.21. The minimum atomic E-state index is -2.74. The summed E-state index contributed by atoms with van der Waals surface area (Å²) in [5, 5.41) is 42.1. The van der Waals surface area contributed by atoms with E-state index in [9.17, 15) is 14.4 Å². The lowest BCUT2D eigenvalue weighted by Gasteiger charge is -2.49. The van der Waals surface area contributed by atoms with Gasteiger partial charge in [0.2, 0.25) is 0 Å². The number of pyridine rings is 1. The van der Waals surface area contributed by atoms with Gasteiger partial charge in [-0.05, 0) is 74.6 Å². The van der Waals surface area contributed by atoms with Crippen LogP contribution in [0.2, 0.25) is 0 Å². The molecule has 11 heteroatoms. The van der Waals surface area contributed by atoms with E-state index >= 15 is 0 Å². The van der Waals surface area contributed by atoms with Crippen molar-refractivity contribution in [3.63, 3.8) is 0 Å². The van der Waals surface area contributed by atoms with Gasteiger partial charge in [0.1, 0.15) is 0 Å². The zero-order valence-electron chi connectivity index (χ0n) is 21.7. The van der Waals surface area contributed by atoms with Crippen LogP contribution in [0, 0.1) is 0 Å². The van der Waals surface area contributed by atoms with Crippen LogP contribution in [0.1, 0.15) is 64.5 Å². The van der Waals surface area contributed by atoms with Crippen LogP contribution >= 0.6 is 11.3 Å². The van der Waals surface area contributed by atoms with Crippen LogP contribution in [0.25, 0.3) is 0 Å². The Balaban J connectivity index is 0.000000317. The van der Waals surface area contributed by atoms with Crippen molar-refractivity contribution in [2.45, 2.75) is 89.2 Å². The molecule has 0 bridgehead atoms. The summed E-state index contributed by atoms with van der Waals surface area (Å²) in [7, 11) is 0. The fourth-order valence-electron chi connectivity index (χ4n) is 4.90. The molecule has 3 rings (SSSR count). The van der Waals surface area contributed by atoms with Crippen molar-refractivity contribution in [2.75, 3.05) is 0 Å². The fourth-order valence-corrected chi connectivity index (χ4v) is 5.56. The van der Waals surface area contributed by atoms with E-state index in [1.807, 2.05) is 18.5 Å². The number of thiophene rings is 1. The third-order valence-electron chi connectivity index (χ3n) is 6.04. The third-order valence-corrected chi connectivity index (χ3v) is 6.78. The summed E-state index contributed by atoms with van der Waals surface area (Å²) in [6, 6.07) is 7.04. The van der Waals surface area contributed by atoms with Gasteiger partial charge in [-0.1, -0.05) is 6.07 Å². The number of nitrogens with zero attached hydrogens (tertiary/aromatic N) is 2. The first kappa shape index (κ1) is 30.4. The van der Waals surface area contributed by atoms with E-state index < -0.39 is 36.4 Å². The number of hydrogen-bond donors (Lipinski definition) is 5. The molecule has 0 unspecified atom stereocenters. The zero-order chi connectivity index (χ0) is 27.9. The highest BCUT2D eigenvalue weighted by atomic mass is 32.1. The number of carboxylic acid groups (broad SMARTS) is 3. The van der Waals surface area contributed by atoms with E-state index in [-0.39, 0.29) is 11.1 Å². The lowest BCUT2D eigenvalue weighted by atomic mass is 9.79. The molecule has 10 nitrogen and oxygen atoms in total. The first-order valence-corrected chi connectivity index (χ1v) is 12.9. The van der Waals surface area contributed by atoms with Crippen molar-refractivity contribution >= 4 is 29.2 Å². The first-order chi connectivity index (χ1) is 17.1. The second kappa shape index (κ2) is 12.6. The lowest BCUT2D eigenvalue weighted by molar-refractivity contribution is -0.170. The molecule has 204 valence electrons. The maximum Gasteiger partial charge on any atom is 0.336 e. The molecule has 0 saturated carbocycles. The zero-order valence-corrected chi connectivity index (χ0v) is 22.5. The van der Waals surface area contributed by atoms with E-state index in [1.54, 1.807) is 11.3 Å². The molecule has 0 spiro atoms. The number of hydrogen-bond acceptors (Lipinski definition) is 8. The summed E-state index contributed by atoms with van der Waals surface area (Å²) >= 11 is 1.78. The number of aliphatic carboxylic acids is 3. The highest BCUT2D eigenvalue weighted by Gasteiger charge is 2.41. The highest BCUT2D eigenvalue weighted by Crippen LogP contribution is 2.33. The number of aromatic nitrogens is 1. The van der Waals surface area contributed by atoms with Gasteiger partial charge in [-0.15, -0.1) is 0 Å². The smallest absolute Gasteiger partial charge is 0.336 e. The van der Waals surface area contributed by atoms with Crippen LogP contribution in [0.5, 0.6) is 0 Å². The van der Waals surface area contributed by atoms with Crippen molar-refractivity contribution in [3.05, 3.63) is 52.5 Å². The predicted molar refractivity (Wildman–Crippen MR) is 139 cm³/mol. The van der Waals surface area contributed by atoms with Crippen LogP contribution < -0.4 is 5.32 Å². The quantitative estimate of drug-likeness (QED) is 0.306. The summed E-state index contributed by atoms with van der Waals surface area (Å²) in [6.07, 6.45) is 3.90. The molecule has 1 aliphatic heterocycles. The van der Waals surface area contributed by atoms with E-state index in [0.29, 0.717) is 6.04 Å². The minimum absolute atomic E-state index is 0.161. The van der Waals surface area contributed by atoms with Crippen molar-refractivity contribution in [3.8, 4) is 0 Å². The number of carbonyl (C=O) groups is 3. The Kier molecular flexibility index (Phi) is 10.3. The molecule has 0 aromatic carbocycles. The number of nitrogens with one attached hydrogen (secondary N) is 1. The second-order valence-electron chi connectivity index (χ2n) is 10.8. The molecule has 1 fully saturated rings. The van der Waals surface area contributed by atoms with Crippen molar-refractivity contribution in [1.29, 1.82) is 0 Å². The van der Waals surface area contributed by atoms with Crippen LogP contribution in [-0.2, 0) is 27.5 Å². The second-order valence-corrected chi connectivity index (χ2v) is 11.6. The van der Waals surface area contributed by atoms with Gasteiger partial charge >= 0.3 is 17.9 Å². The molecule has 0 aliphatic carbocycles. The molecule has 0 amide bonds. The van der Waals surface area contributed by atoms with Crippen molar-refractivity contribution in [1.82, 2.24) is 15.2 Å². The Morgan fingerprint density at radius 2 is 1.59 bits per heavy atom. The molecule has 5 N–H and O–H groups in total. The van der Waals surface area contributed by atoms with Crippen LogP contribution in [0.15, 0.2) is 41.4 Å². The van der Waals surface area contributed by atoms with Gasteiger partial charge in [0.25, 0.3) is 0 Å². The van der Waals surface area contributed by atoms with Gasteiger partial charge < -0.3 is 25.7 Å². The average Bonchev–Trinajstić information content (AvgIpc) is 3.24. The van der Waals surface area contributed by atoms with Gasteiger partial charge in [0, 0.05) is 42.6 Å². The maximum absolute atomic E-state index is 10.3. The SMILES string of the molecule is CC1(C)CC(N(Cc2cccnc2)Cc2ccsc2)CC(C)(C)N1.O=C(O)CC(O)(CC(=O)O)C(=O)O. The largest absolute Gasteiger partial charge is 0.481 e. The summed E-state index contributed by atoms with van der Waals surface area (Å²) in [5.41, 5.74) is 0.292. The molecular weight excluding hydrogens is 498 g/mol. The summed E-state index contributed by atoms with van der Waals surface area (Å²) in [4.78, 5) is 37.4. The van der Waals surface area contributed by atoms with Crippen molar-refractivity contribution < 1.29 is 34.8 Å². The van der Waals surface area contributed by atoms with Crippen LogP contribution in [-0.4, -0.2) is 70.9 Å². The molecule has 0 atom stereocenters. The monoisotopic (exact) mass is 535 g/mol. The normalized spacial score (nSPS) is 17.0. The Labute approximate surface area is 221 Å². The van der Waals surface area contributed by atoms with Gasteiger partial charge in [-0.2, -0.15) is 11.3 Å². The van der Waals surface area contributed by atoms with E-state index in [1.165, 1.54) is 24.0 Å². The van der Waals surface area contributed by atoms with Crippen LogP contribution in [0.3, 0.4) is 0 Å². The number of piperidine rings is 1. The Hall–Kier alpha value is -2.86. The highest BCUT2D eigenvalue weighted by molar-refractivity contribution is 7.07. The Morgan fingerprint density at radius 1 is 1.03 bits per heavy atom. The fraction of sp³-hybridized carbons (Fsp3) is 0.538. The molecule has 0 radical (unpaired) electrons. The molecule has 3 heterocycles. The first-order valence-electron chi connectivity index (χ1n) is 11.9. The van der Waals surface area contributed by atoms with E-state index in [2.05, 4.69) is 65.8 Å². The molecule has 1 aliphatic rings.